The van der Waals surface area contributed by atoms with Crippen LogP contribution in [0.5, 0.6) is 0 Å². The van der Waals surface area contributed by atoms with Gasteiger partial charge >= 0.3 is 0 Å². The number of benzene rings is 2. The van der Waals surface area contributed by atoms with Gasteiger partial charge in [-0.2, -0.15) is 0 Å². The number of amides is 2. The van der Waals surface area contributed by atoms with E-state index in [4.69, 9.17) is 0 Å². The molecule has 2 aromatic rings. The van der Waals surface area contributed by atoms with E-state index in [2.05, 4.69) is 15.6 Å². The minimum atomic E-state index is -0.468. The summed E-state index contributed by atoms with van der Waals surface area (Å²) in [5, 5.41) is 5.70. The molecule has 2 aromatic carbocycles. The fourth-order valence-electron chi connectivity index (χ4n) is 2.65. The van der Waals surface area contributed by atoms with Crippen molar-refractivity contribution in [2.24, 2.45) is 4.99 Å². The van der Waals surface area contributed by atoms with E-state index in [1.807, 2.05) is 63.2 Å². The molecule has 1 aliphatic rings. The number of nitrogens with zero attached hydrogens (tertiary/aromatic N) is 1. The molecule has 2 N–H and O–H groups in total. The Labute approximate surface area is 157 Å². The van der Waals surface area contributed by atoms with Gasteiger partial charge in [-0.25, -0.2) is 4.99 Å². The molecule has 1 saturated heterocycles. The van der Waals surface area contributed by atoms with Crippen LogP contribution >= 0.6 is 11.8 Å². The quantitative estimate of drug-likeness (QED) is 0.862. The van der Waals surface area contributed by atoms with Crippen molar-refractivity contribution in [3.63, 3.8) is 0 Å². The van der Waals surface area contributed by atoms with Gasteiger partial charge < -0.3 is 10.6 Å². The van der Waals surface area contributed by atoms with Crippen LogP contribution in [0.25, 0.3) is 0 Å². The third kappa shape index (κ3) is 4.52. The highest BCUT2D eigenvalue weighted by atomic mass is 32.2. The van der Waals surface area contributed by atoms with Gasteiger partial charge in [-0.05, 0) is 44.5 Å². The number of amidine groups is 1. The maximum absolute atomic E-state index is 12.3. The molecule has 26 heavy (non-hydrogen) atoms. The van der Waals surface area contributed by atoms with Gasteiger partial charge in [0, 0.05) is 12.1 Å². The molecular weight excluding hydrogens is 346 g/mol. The minimum absolute atomic E-state index is 0.108. The third-order valence-corrected chi connectivity index (χ3v) is 5.15. The van der Waals surface area contributed by atoms with Crippen molar-refractivity contribution in [2.75, 3.05) is 5.32 Å². The Morgan fingerprint density at radius 3 is 2.50 bits per heavy atom. The molecule has 1 aliphatic heterocycles. The number of aliphatic imine (C=N–C) groups is 1. The molecule has 0 radical (unpaired) electrons. The molecule has 3 rings (SSSR count). The lowest BCUT2D eigenvalue weighted by molar-refractivity contribution is -0.122. The van der Waals surface area contributed by atoms with Gasteiger partial charge in [0.05, 0.1) is 5.69 Å². The largest absolute Gasteiger partial charge is 0.326 e. The number of carbonyl (C=O) groups is 2. The highest BCUT2D eigenvalue weighted by molar-refractivity contribution is 8.15. The summed E-state index contributed by atoms with van der Waals surface area (Å²) in [6.07, 6.45) is 0.108. The van der Waals surface area contributed by atoms with Gasteiger partial charge in [-0.3, -0.25) is 9.59 Å². The van der Waals surface area contributed by atoms with E-state index in [1.54, 1.807) is 0 Å². The molecule has 0 saturated carbocycles. The molecule has 1 atom stereocenters. The highest BCUT2D eigenvalue weighted by Gasteiger charge is 2.32. The number of hydrogen-bond acceptors (Lipinski definition) is 4. The van der Waals surface area contributed by atoms with Crippen molar-refractivity contribution in [3.05, 3.63) is 59.2 Å². The second-order valence-corrected chi connectivity index (χ2v) is 7.61. The molecule has 5 nitrogen and oxygen atoms in total. The molecule has 1 fully saturated rings. The molecule has 1 unspecified atom stereocenters. The maximum atomic E-state index is 12.3. The van der Waals surface area contributed by atoms with Crippen molar-refractivity contribution in [1.29, 1.82) is 0 Å². The second-order valence-electron chi connectivity index (χ2n) is 6.42. The number of hydrogen-bond donors (Lipinski definition) is 2. The first-order valence-electron chi connectivity index (χ1n) is 8.41. The smallest absolute Gasteiger partial charge is 0.240 e. The summed E-state index contributed by atoms with van der Waals surface area (Å²) in [6.45, 7) is 5.96. The van der Waals surface area contributed by atoms with Gasteiger partial charge in [0.2, 0.25) is 11.8 Å². The van der Waals surface area contributed by atoms with Crippen molar-refractivity contribution < 1.29 is 9.59 Å². The Morgan fingerprint density at radius 1 is 1.12 bits per heavy atom. The Bertz CT molecular complexity index is 875. The Balaban J connectivity index is 1.62. The molecule has 2 amide bonds. The fourth-order valence-corrected chi connectivity index (χ4v) is 3.64. The molecule has 0 aliphatic carbocycles. The Morgan fingerprint density at radius 2 is 1.81 bits per heavy atom. The van der Waals surface area contributed by atoms with Crippen molar-refractivity contribution >= 4 is 40.1 Å². The predicted molar refractivity (Wildman–Crippen MR) is 107 cm³/mol. The predicted octanol–water partition coefficient (Wildman–Crippen LogP) is 3.86. The molecule has 0 bridgehead atoms. The van der Waals surface area contributed by atoms with Crippen LogP contribution in [0.4, 0.5) is 11.4 Å². The van der Waals surface area contributed by atoms with Crippen molar-refractivity contribution in [3.8, 4) is 0 Å². The summed E-state index contributed by atoms with van der Waals surface area (Å²) >= 11 is 1.29. The first-order chi connectivity index (χ1) is 12.4. The molecule has 0 spiro atoms. The van der Waals surface area contributed by atoms with Gasteiger partial charge in [-0.1, -0.05) is 47.2 Å². The summed E-state index contributed by atoms with van der Waals surface area (Å²) < 4.78 is 0. The van der Waals surface area contributed by atoms with Gasteiger partial charge in [0.25, 0.3) is 0 Å². The average Bonchev–Trinajstić information content (AvgIpc) is 2.91. The van der Waals surface area contributed by atoms with E-state index in [0.717, 1.165) is 28.1 Å². The number of rotatable bonds is 4. The first-order valence-corrected chi connectivity index (χ1v) is 9.28. The summed E-state index contributed by atoms with van der Waals surface area (Å²) in [7, 11) is 0. The van der Waals surface area contributed by atoms with E-state index in [-0.39, 0.29) is 18.2 Å². The Hall–Kier alpha value is -2.60. The Kier molecular flexibility index (Phi) is 5.42. The van der Waals surface area contributed by atoms with Crippen LogP contribution in [0, 0.1) is 20.8 Å². The molecular formula is C20H21N3O2S. The molecule has 1 heterocycles. The molecule has 134 valence electrons. The number of thioether (sulfide) groups is 1. The zero-order chi connectivity index (χ0) is 18.7. The number of carbonyl (C=O) groups excluding carboxylic acids is 2. The number of nitrogens with one attached hydrogen (secondary N) is 2. The maximum Gasteiger partial charge on any atom is 0.240 e. The zero-order valence-corrected chi connectivity index (χ0v) is 15.8. The normalized spacial score (nSPS) is 18.0. The monoisotopic (exact) mass is 367 g/mol. The second kappa shape index (κ2) is 7.74. The standard InChI is InChI=1S/C20H21N3O2S/c1-12-4-7-15(8-5-12)21-20-23-19(25)17(26-20)11-18(24)22-16-9-6-13(2)10-14(16)3/h4-10,17H,11H2,1-3H3,(H,22,24)(H,21,23,25). The van der Waals surface area contributed by atoms with E-state index in [0.29, 0.717) is 5.17 Å². The van der Waals surface area contributed by atoms with E-state index in [9.17, 15) is 9.59 Å². The SMILES string of the molecule is Cc1ccc(N=C2NC(=O)C(CC(=O)Nc3ccc(C)cc3C)S2)cc1. The van der Waals surface area contributed by atoms with Crippen molar-refractivity contribution in [1.82, 2.24) is 5.32 Å². The topological polar surface area (TPSA) is 70.6 Å². The molecule has 6 heteroatoms. The lowest BCUT2D eigenvalue weighted by atomic mass is 10.1. The average molecular weight is 367 g/mol. The van der Waals surface area contributed by atoms with Crippen molar-refractivity contribution in [2.45, 2.75) is 32.4 Å². The summed E-state index contributed by atoms with van der Waals surface area (Å²) in [6, 6.07) is 13.6. The van der Waals surface area contributed by atoms with E-state index >= 15 is 0 Å². The van der Waals surface area contributed by atoms with Crippen LogP contribution in [-0.2, 0) is 9.59 Å². The summed E-state index contributed by atoms with van der Waals surface area (Å²) in [5.74, 6) is -0.363. The number of aryl methyl sites for hydroxylation is 3. The first kappa shape index (κ1) is 18.2. The third-order valence-electron chi connectivity index (χ3n) is 4.07. The van der Waals surface area contributed by atoms with Gasteiger partial charge in [0.15, 0.2) is 5.17 Å². The lowest BCUT2D eigenvalue weighted by Gasteiger charge is -2.10. The van der Waals surface area contributed by atoms with E-state index in [1.165, 1.54) is 11.8 Å². The van der Waals surface area contributed by atoms with Crippen LogP contribution in [0.1, 0.15) is 23.1 Å². The fraction of sp³-hybridized carbons (Fsp3) is 0.250. The van der Waals surface area contributed by atoms with E-state index < -0.39 is 5.25 Å². The zero-order valence-electron chi connectivity index (χ0n) is 15.0. The highest BCUT2D eigenvalue weighted by Crippen LogP contribution is 2.26. The number of anilines is 1. The van der Waals surface area contributed by atoms with Crippen LogP contribution in [0.3, 0.4) is 0 Å². The summed E-state index contributed by atoms with van der Waals surface area (Å²) in [4.78, 5) is 28.9. The van der Waals surface area contributed by atoms with Gasteiger partial charge in [0.1, 0.15) is 5.25 Å². The van der Waals surface area contributed by atoms with Crippen LogP contribution in [-0.4, -0.2) is 22.2 Å². The van der Waals surface area contributed by atoms with Crippen LogP contribution in [0.2, 0.25) is 0 Å². The lowest BCUT2D eigenvalue weighted by Crippen LogP contribution is -2.28. The molecule has 0 aromatic heterocycles. The van der Waals surface area contributed by atoms with Crippen LogP contribution in [0.15, 0.2) is 47.5 Å². The van der Waals surface area contributed by atoms with Gasteiger partial charge in [-0.15, -0.1) is 0 Å². The van der Waals surface area contributed by atoms with Crippen LogP contribution < -0.4 is 10.6 Å². The minimum Gasteiger partial charge on any atom is -0.326 e. The summed E-state index contributed by atoms with van der Waals surface area (Å²) in [5.41, 5.74) is 4.85.